The number of aromatic hydroxyl groups is 1. The first-order valence-electron chi connectivity index (χ1n) is 11.0. The largest absolute Gasteiger partial charge is 0.505 e. The first-order valence-corrected chi connectivity index (χ1v) is 11.0. The van der Waals surface area contributed by atoms with Gasteiger partial charge in [-0.2, -0.15) is 0 Å². The number of carbonyl (C=O) groups is 1. The van der Waals surface area contributed by atoms with Crippen LogP contribution in [-0.4, -0.2) is 35.7 Å². The molecule has 1 N–H and O–H groups in total. The van der Waals surface area contributed by atoms with Crippen molar-refractivity contribution in [3.05, 3.63) is 52.8 Å². The summed E-state index contributed by atoms with van der Waals surface area (Å²) in [7, 11) is 1.66. The van der Waals surface area contributed by atoms with Gasteiger partial charge in [-0.1, -0.05) is 12.1 Å². The molecule has 0 aromatic heterocycles. The molecule has 1 aliphatic carbocycles. The molecule has 1 heterocycles. The van der Waals surface area contributed by atoms with Crippen LogP contribution in [0.4, 0.5) is 4.39 Å². The van der Waals surface area contributed by atoms with Crippen LogP contribution in [0.5, 0.6) is 17.2 Å². The van der Waals surface area contributed by atoms with E-state index in [9.17, 15) is 14.3 Å². The highest BCUT2D eigenvalue weighted by Crippen LogP contribution is 2.36. The number of fused-ring (bicyclic) bond motifs is 1. The smallest absolute Gasteiger partial charge is 0.257 e. The normalized spacial score (nSPS) is 21.7. The second-order valence-electron chi connectivity index (χ2n) is 8.85. The lowest BCUT2D eigenvalue weighted by atomic mass is 9.79. The zero-order valence-electron chi connectivity index (χ0n) is 18.4. The minimum absolute atomic E-state index is 0.0317. The number of methoxy groups -OCH3 is 1. The summed E-state index contributed by atoms with van der Waals surface area (Å²) in [5.41, 5.74) is 1.77. The van der Waals surface area contributed by atoms with Crippen LogP contribution in [0.3, 0.4) is 0 Å². The highest BCUT2D eigenvalue weighted by atomic mass is 19.1. The van der Waals surface area contributed by atoms with Crippen molar-refractivity contribution in [2.24, 2.45) is 11.8 Å². The third-order valence-corrected chi connectivity index (χ3v) is 6.81. The zero-order chi connectivity index (χ0) is 22.1. The van der Waals surface area contributed by atoms with E-state index in [0.717, 1.165) is 42.7 Å². The van der Waals surface area contributed by atoms with Gasteiger partial charge in [0.05, 0.1) is 18.8 Å². The molecule has 2 aliphatic rings. The number of amides is 1. The standard InChI is InChI=1S/C25H30FNO4/c1-15-4-10-20(12-22(15)30-3)31-16(2)18-7-5-17(6-8-18)13-27-14-19-9-11-21(28)24(26)23(19)25(27)29/h4,9-12,16-18,28H,5-8,13-14H2,1-3H3. The van der Waals surface area contributed by atoms with Crippen LogP contribution in [-0.2, 0) is 6.54 Å². The van der Waals surface area contributed by atoms with E-state index in [1.807, 2.05) is 25.1 Å². The van der Waals surface area contributed by atoms with Gasteiger partial charge in [0.1, 0.15) is 11.5 Å². The van der Waals surface area contributed by atoms with Gasteiger partial charge in [0.25, 0.3) is 5.91 Å². The van der Waals surface area contributed by atoms with Crippen molar-refractivity contribution in [2.75, 3.05) is 13.7 Å². The van der Waals surface area contributed by atoms with E-state index in [0.29, 0.717) is 30.5 Å². The van der Waals surface area contributed by atoms with Gasteiger partial charge in [-0.15, -0.1) is 0 Å². The molecule has 1 aliphatic heterocycles. The molecule has 0 spiro atoms. The van der Waals surface area contributed by atoms with Gasteiger partial charge in [-0.05, 0) is 74.6 Å². The van der Waals surface area contributed by atoms with Crippen molar-refractivity contribution in [3.63, 3.8) is 0 Å². The Morgan fingerprint density at radius 3 is 2.65 bits per heavy atom. The SMILES string of the molecule is COc1cc(OC(C)C2CCC(CN3Cc4ccc(O)c(F)c4C3=O)CC2)ccc1C. The number of benzene rings is 2. The summed E-state index contributed by atoms with van der Waals surface area (Å²) in [6, 6.07) is 8.88. The molecule has 0 radical (unpaired) electrons. The van der Waals surface area contributed by atoms with Crippen LogP contribution in [0, 0.1) is 24.6 Å². The van der Waals surface area contributed by atoms with Crippen molar-refractivity contribution in [1.29, 1.82) is 0 Å². The monoisotopic (exact) mass is 427 g/mol. The molecule has 1 amide bonds. The van der Waals surface area contributed by atoms with E-state index < -0.39 is 11.6 Å². The van der Waals surface area contributed by atoms with Crippen LogP contribution in [0.2, 0.25) is 0 Å². The van der Waals surface area contributed by atoms with E-state index in [1.165, 1.54) is 6.07 Å². The van der Waals surface area contributed by atoms with Crippen molar-refractivity contribution in [1.82, 2.24) is 4.90 Å². The fourth-order valence-electron chi connectivity index (χ4n) is 4.89. The van der Waals surface area contributed by atoms with Gasteiger partial charge in [0.2, 0.25) is 0 Å². The first kappa shape index (κ1) is 21.5. The van der Waals surface area contributed by atoms with Gasteiger partial charge in [-0.25, -0.2) is 4.39 Å². The molecule has 1 unspecified atom stereocenters. The lowest BCUT2D eigenvalue weighted by molar-refractivity contribution is 0.0682. The minimum atomic E-state index is -0.799. The quantitative estimate of drug-likeness (QED) is 0.699. The lowest BCUT2D eigenvalue weighted by Crippen LogP contribution is -2.34. The molecule has 1 atom stereocenters. The fourth-order valence-corrected chi connectivity index (χ4v) is 4.89. The van der Waals surface area contributed by atoms with Crippen molar-refractivity contribution in [3.8, 4) is 17.2 Å². The molecule has 0 bridgehead atoms. The van der Waals surface area contributed by atoms with Crippen LogP contribution >= 0.6 is 0 Å². The Bertz CT molecular complexity index is 968. The number of ether oxygens (including phenoxy) is 2. The number of phenolic OH excluding ortho intramolecular Hbond substituents is 1. The summed E-state index contributed by atoms with van der Waals surface area (Å²) in [6.07, 6.45) is 4.22. The van der Waals surface area contributed by atoms with Gasteiger partial charge in [-0.3, -0.25) is 4.79 Å². The highest BCUT2D eigenvalue weighted by molar-refractivity contribution is 5.99. The average Bonchev–Trinajstić information content (AvgIpc) is 3.08. The van der Waals surface area contributed by atoms with Gasteiger partial charge >= 0.3 is 0 Å². The zero-order valence-corrected chi connectivity index (χ0v) is 18.4. The molecular formula is C25H30FNO4. The predicted molar refractivity (Wildman–Crippen MR) is 116 cm³/mol. The van der Waals surface area contributed by atoms with E-state index in [1.54, 1.807) is 18.1 Å². The van der Waals surface area contributed by atoms with Crippen LogP contribution in [0.25, 0.3) is 0 Å². The third-order valence-electron chi connectivity index (χ3n) is 6.81. The maximum absolute atomic E-state index is 14.2. The minimum Gasteiger partial charge on any atom is -0.505 e. The fraction of sp³-hybridized carbons (Fsp3) is 0.480. The second-order valence-corrected chi connectivity index (χ2v) is 8.85. The molecule has 1 saturated carbocycles. The summed E-state index contributed by atoms with van der Waals surface area (Å²) < 4.78 is 25.8. The predicted octanol–water partition coefficient (Wildman–Crippen LogP) is 5.08. The summed E-state index contributed by atoms with van der Waals surface area (Å²) in [5, 5.41) is 9.57. The number of rotatable bonds is 6. The molecule has 166 valence electrons. The molecule has 5 nitrogen and oxygen atoms in total. The first-order chi connectivity index (χ1) is 14.9. The maximum atomic E-state index is 14.2. The Morgan fingerprint density at radius 2 is 1.94 bits per heavy atom. The van der Waals surface area contributed by atoms with Gasteiger partial charge < -0.3 is 19.5 Å². The van der Waals surface area contributed by atoms with E-state index >= 15 is 0 Å². The summed E-state index contributed by atoms with van der Waals surface area (Å²) in [6.45, 7) is 5.17. The Balaban J connectivity index is 1.30. The summed E-state index contributed by atoms with van der Waals surface area (Å²) in [5.74, 6) is 0.942. The Labute approximate surface area is 182 Å². The molecule has 31 heavy (non-hydrogen) atoms. The number of hydrogen-bond acceptors (Lipinski definition) is 4. The van der Waals surface area contributed by atoms with Crippen LogP contribution in [0.15, 0.2) is 30.3 Å². The van der Waals surface area contributed by atoms with Gasteiger partial charge in [0.15, 0.2) is 11.6 Å². The van der Waals surface area contributed by atoms with Crippen molar-refractivity contribution in [2.45, 2.75) is 52.2 Å². The Kier molecular flexibility index (Phi) is 6.08. The summed E-state index contributed by atoms with van der Waals surface area (Å²) in [4.78, 5) is 14.4. The number of hydrogen-bond donors (Lipinski definition) is 1. The molecule has 6 heteroatoms. The van der Waals surface area contributed by atoms with Crippen LogP contribution in [0.1, 0.15) is 54.1 Å². The van der Waals surface area contributed by atoms with Crippen LogP contribution < -0.4 is 9.47 Å². The molecule has 2 aromatic rings. The van der Waals surface area contributed by atoms with Crippen molar-refractivity contribution >= 4 is 5.91 Å². The number of aryl methyl sites for hydroxylation is 1. The second kappa shape index (κ2) is 8.77. The maximum Gasteiger partial charge on any atom is 0.257 e. The molecule has 1 fully saturated rings. The number of phenols is 1. The number of halogens is 1. The van der Waals surface area contributed by atoms with Crippen molar-refractivity contribution < 1.29 is 23.8 Å². The third kappa shape index (κ3) is 4.34. The number of carbonyl (C=O) groups excluding carboxylic acids is 1. The highest BCUT2D eigenvalue weighted by Gasteiger charge is 2.34. The van der Waals surface area contributed by atoms with E-state index in [4.69, 9.17) is 9.47 Å². The molecular weight excluding hydrogens is 397 g/mol. The Hall–Kier alpha value is -2.76. The van der Waals surface area contributed by atoms with E-state index in [-0.39, 0.29) is 17.6 Å². The summed E-state index contributed by atoms with van der Waals surface area (Å²) >= 11 is 0. The number of nitrogens with zero attached hydrogens (tertiary/aromatic N) is 1. The van der Waals surface area contributed by atoms with E-state index in [2.05, 4.69) is 6.92 Å². The molecule has 4 rings (SSSR count). The lowest BCUT2D eigenvalue weighted by Gasteiger charge is -2.34. The average molecular weight is 428 g/mol. The topological polar surface area (TPSA) is 59.0 Å². The molecule has 2 aromatic carbocycles. The van der Waals surface area contributed by atoms with Gasteiger partial charge in [0, 0.05) is 19.2 Å². The molecule has 0 saturated heterocycles. The Morgan fingerprint density at radius 1 is 1.19 bits per heavy atom.